The van der Waals surface area contributed by atoms with E-state index in [0.717, 1.165) is 16.7 Å². The minimum Gasteiger partial charge on any atom is -0.423 e. The molecule has 0 spiro atoms. The third-order valence-corrected chi connectivity index (χ3v) is 3.58. The van der Waals surface area contributed by atoms with Crippen molar-refractivity contribution in [1.29, 1.82) is 0 Å². The second-order valence-corrected chi connectivity index (χ2v) is 5.05. The van der Waals surface area contributed by atoms with Crippen molar-refractivity contribution < 1.29 is 14.8 Å². The molecule has 0 aromatic heterocycles. The van der Waals surface area contributed by atoms with E-state index in [9.17, 15) is 4.79 Å². The number of nitrogens with one attached hydrogen (secondary N) is 1. The van der Waals surface area contributed by atoms with Gasteiger partial charge < -0.3 is 15.4 Å². The van der Waals surface area contributed by atoms with E-state index in [1.54, 1.807) is 24.3 Å². The zero-order valence-corrected chi connectivity index (χ0v) is 12.1. The fraction of sp³-hybridized carbons (Fsp3) is 0.188. The van der Waals surface area contributed by atoms with Crippen LogP contribution >= 0.6 is 0 Å². The summed E-state index contributed by atoms with van der Waals surface area (Å²) in [5, 5.41) is 20.9. The summed E-state index contributed by atoms with van der Waals surface area (Å²) >= 11 is 0. The van der Waals surface area contributed by atoms with Crippen LogP contribution in [-0.2, 0) is 6.54 Å². The maximum Gasteiger partial charge on any atom is 0.488 e. The van der Waals surface area contributed by atoms with E-state index < -0.39 is 7.12 Å². The molecule has 0 saturated carbocycles. The zero-order chi connectivity index (χ0) is 15.4. The number of hydrogen-bond donors (Lipinski definition) is 3. The highest BCUT2D eigenvalue weighted by Crippen LogP contribution is 2.12. The molecule has 3 N–H and O–H groups in total. The van der Waals surface area contributed by atoms with Gasteiger partial charge in [-0.25, -0.2) is 0 Å². The van der Waals surface area contributed by atoms with E-state index in [4.69, 9.17) is 10.0 Å². The molecule has 0 fully saturated rings. The summed E-state index contributed by atoms with van der Waals surface area (Å²) < 4.78 is 0. The monoisotopic (exact) mass is 283 g/mol. The van der Waals surface area contributed by atoms with Gasteiger partial charge in [-0.2, -0.15) is 0 Å². The summed E-state index contributed by atoms with van der Waals surface area (Å²) in [6.07, 6.45) is 0. The number of carbonyl (C=O) groups is 1. The van der Waals surface area contributed by atoms with Gasteiger partial charge in [0.1, 0.15) is 0 Å². The minimum atomic E-state index is -1.47. The Bertz CT molecular complexity index is 638. The number of amides is 1. The van der Waals surface area contributed by atoms with Gasteiger partial charge in [0.2, 0.25) is 0 Å². The smallest absolute Gasteiger partial charge is 0.423 e. The molecule has 5 heteroatoms. The molecule has 0 bridgehead atoms. The summed E-state index contributed by atoms with van der Waals surface area (Å²) in [6.45, 7) is 4.31. The molecule has 4 nitrogen and oxygen atoms in total. The number of rotatable bonds is 4. The first-order valence-electron chi connectivity index (χ1n) is 6.78. The molecule has 2 rings (SSSR count). The van der Waals surface area contributed by atoms with E-state index in [0.29, 0.717) is 17.6 Å². The van der Waals surface area contributed by atoms with Crippen molar-refractivity contribution in [2.45, 2.75) is 20.4 Å². The lowest BCUT2D eigenvalue weighted by Gasteiger charge is -2.10. The third-order valence-electron chi connectivity index (χ3n) is 3.58. The third kappa shape index (κ3) is 3.71. The Balaban J connectivity index is 2.02. The molecule has 0 aliphatic carbocycles. The predicted molar refractivity (Wildman–Crippen MR) is 83.4 cm³/mol. The van der Waals surface area contributed by atoms with Crippen molar-refractivity contribution in [3.8, 4) is 0 Å². The highest BCUT2D eigenvalue weighted by Gasteiger charge is 2.11. The van der Waals surface area contributed by atoms with Gasteiger partial charge >= 0.3 is 7.12 Å². The van der Waals surface area contributed by atoms with Crippen LogP contribution in [0.15, 0.2) is 42.5 Å². The molecule has 21 heavy (non-hydrogen) atoms. The Hall–Kier alpha value is -2.11. The number of hydrogen-bond acceptors (Lipinski definition) is 3. The van der Waals surface area contributed by atoms with E-state index in [2.05, 4.69) is 5.32 Å². The molecule has 108 valence electrons. The molecule has 0 unspecified atom stereocenters. The Morgan fingerprint density at radius 3 is 2.38 bits per heavy atom. The Kier molecular flexibility index (Phi) is 4.78. The molecule has 0 aliphatic heterocycles. The van der Waals surface area contributed by atoms with Gasteiger partial charge in [-0.3, -0.25) is 4.79 Å². The maximum absolute atomic E-state index is 12.2. The van der Waals surface area contributed by atoms with Crippen LogP contribution < -0.4 is 10.8 Å². The van der Waals surface area contributed by atoms with Crippen LogP contribution in [0.2, 0.25) is 0 Å². The number of benzene rings is 2. The standard InChI is InChI=1S/C16H18BNO3/c1-11-4-3-5-15(12(11)2)16(19)18-10-13-6-8-14(9-7-13)17(20)21/h3-9,20-21H,10H2,1-2H3,(H,18,19). The highest BCUT2D eigenvalue weighted by atomic mass is 16.4. The van der Waals surface area contributed by atoms with Crippen LogP contribution in [-0.4, -0.2) is 23.1 Å². The van der Waals surface area contributed by atoms with Crippen molar-refractivity contribution >= 4 is 18.5 Å². The fourth-order valence-electron chi connectivity index (χ4n) is 2.08. The first-order valence-corrected chi connectivity index (χ1v) is 6.78. The summed E-state index contributed by atoms with van der Waals surface area (Å²) in [5.74, 6) is -0.109. The van der Waals surface area contributed by atoms with Crippen LogP contribution in [0, 0.1) is 13.8 Å². The molecule has 1 amide bonds. The van der Waals surface area contributed by atoms with Crippen LogP contribution in [0.25, 0.3) is 0 Å². The van der Waals surface area contributed by atoms with E-state index in [1.165, 1.54) is 0 Å². The van der Waals surface area contributed by atoms with E-state index in [-0.39, 0.29) is 5.91 Å². The number of aryl methyl sites for hydroxylation is 1. The average Bonchev–Trinajstić information content (AvgIpc) is 2.48. The molecule has 0 saturated heterocycles. The first-order chi connectivity index (χ1) is 9.99. The summed E-state index contributed by atoms with van der Waals surface area (Å²) in [7, 11) is -1.47. The van der Waals surface area contributed by atoms with Gasteiger partial charge in [0.05, 0.1) is 0 Å². The molecule has 0 atom stereocenters. The minimum absolute atomic E-state index is 0.109. The van der Waals surface area contributed by atoms with Crippen LogP contribution in [0.5, 0.6) is 0 Å². The lowest BCUT2D eigenvalue weighted by Crippen LogP contribution is -2.30. The lowest BCUT2D eigenvalue weighted by atomic mass is 9.80. The van der Waals surface area contributed by atoms with Crippen LogP contribution in [0.1, 0.15) is 27.0 Å². The van der Waals surface area contributed by atoms with Crippen LogP contribution in [0.4, 0.5) is 0 Å². The van der Waals surface area contributed by atoms with Crippen LogP contribution in [0.3, 0.4) is 0 Å². The SMILES string of the molecule is Cc1cccc(C(=O)NCc2ccc(B(O)O)cc2)c1C. The Morgan fingerprint density at radius 1 is 1.10 bits per heavy atom. The second-order valence-electron chi connectivity index (χ2n) is 5.05. The Labute approximate surface area is 124 Å². The molecule has 0 heterocycles. The molecular weight excluding hydrogens is 265 g/mol. The molecule has 2 aromatic rings. The topological polar surface area (TPSA) is 69.6 Å². The second kappa shape index (κ2) is 6.56. The summed E-state index contributed by atoms with van der Waals surface area (Å²) in [5.41, 5.74) is 4.08. The van der Waals surface area contributed by atoms with Gasteiger partial charge in [0.25, 0.3) is 5.91 Å². The predicted octanol–water partition coefficient (Wildman–Crippen LogP) is 0.913. The van der Waals surface area contributed by atoms with Crippen molar-refractivity contribution in [3.63, 3.8) is 0 Å². The quantitative estimate of drug-likeness (QED) is 0.731. The maximum atomic E-state index is 12.2. The van der Waals surface area contributed by atoms with Crippen molar-refractivity contribution in [3.05, 3.63) is 64.7 Å². The van der Waals surface area contributed by atoms with Gasteiger partial charge in [0.15, 0.2) is 0 Å². The van der Waals surface area contributed by atoms with E-state index >= 15 is 0 Å². The molecule has 0 aliphatic rings. The molecule has 0 radical (unpaired) electrons. The first kappa shape index (κ1) is 15.3. The van der Waals surface area contributed by atoms with Crippen molar-refractivity contribution in [1.82, 2.24) is 5.32 Å². The molecular formula is C16H18BNO3. The summed E-state index contributed by atoms with van der Waals surface area (Å²) in [6, 6.07) is 12.4. The molecule has 2 aromatic carbocycles. The van der Waals surface area contributed by atoms with Gasteiger partial charge in [-0.05, 0) is 42.1 Å². The van der Waals surface area contributed by atoms with Crippen molar-refractivity contribution in [2.75, 3.05) is 0 Å². The summed E-state index contributed by atoms with van der Waals surface area (Å²) in [4.78, 5) is 12.2. The van der Waals surface area contributed by atoms with E-state index in [1.807, 2.05) is 32.0 Å². The average molecular weight is 283 g/mol. The highest BCUT2D eigenvalue weighted by molar-refractivity contribution is 6.58. The Morgan fingerprint density at radius 2 is 1.76 bits per heavy atom. The largest absolute Gasteiger partial charge is 0.488 e. The fourth-order valence-corrected chi connectivity index (χ4v) is 2.08. The number of carbonyl (C=O) groups excluding carboxylic acids is 1. The van der Waals surface area contributed by atoms with Gasteiger partial charge in [0, 0.05) is 12.1 Å². The van der Waals surface area contributed by atoms with Gasteiger partial charge in [-0.15, -0.1) is 0 Å². The van der Waals surface area contributed by atoms with Gasteiger partial charge in [-0.1, -0.05) is 36.4 Å². The zero-order valence-electron chi connectivity index (χ0n) is 12.1. The normalized spacial score (nSPS) is 10.3. The lowest BCUT2D eigenvalue weighted by molar-refractivity contribution is 0.0950. The van der Waals surface area contributed by atoms with Crippen molar-refractivity contribution in [2.24, 2.45) is 0 Å².